The van der Waals surface area contributed by atoms with Gasteiger partial charge in [0.15, 0.2) is 0 Å². The van der Waals surface area contributed by atoms with Crippen LogP contribution in [0.3, 0.4) is 0 Å². The lowest BCUT2D eigenvalue weighted by Crippen LogP contribution is -2.34. The fraction of sp³-hybridized carbons (Fsp3) is 0.0769. The number of likely N-dealkylation sites (N-methyl/N-ethyl adjacent to an activating group) is 1. The molecule has 108 valence electrons. The third-order valence-corrected chi connectivity index (χ3v) is 6.29. The summed E-state index contributed by atoms with van der Waals surface area (Å²) >= 11 is 1.14. The van der Waals surface area contributed by atoms with Gasteiger partial charge in [0.25, 0.3) is 15.9 Å². The SMILES string of the molecule is CN1C(C(=O)Nc2ccccn2)=Cc2ccsc2S1(=O)=O. The maximum Gasteiger partial charge on any atom is 0.274 e. The molecule has 1 aliphatic rings. The van der Waals surface area contributed by atoms with Crippen LogP contribution in [0.1, 0.15) is 5.56 Å². The Morgan fingerprint density at radius 2 is 2.14 bits per heavy atom. The van der Waals surface area contributed by atoms with Gasteiger partial charge in [0, 0.05) is 18.8 Å². The number of anilines is 1. The molecule has 8 heteroatoms. The summed E-state index contributed by atoms with van der Waals surface area (Å²) in [6.07, 6.45) is 3.10. The zero-order valence-corrected chi connectivity index (χ0v) is 12.6. The number of pyridine rings is 1. The van der Waals surface area contributed by atoms with Crippen molar-refractivity contribution < 1.29 is 13.2 Å². The highest BCUT2D eigenvalue weighted by Crippen LogP contribution is 2.34. The zero-order valence-electron chi connectivity index (χ0n) is 11.0. The van der Waals surface area contributed by atoms with Gasteiger partial charge in [-0.1, -0.05) is 6.07 Å². The number of carbonyl (C=O) groups excluding carboxylic acids is 1. The van der Waals surface area contributed by atoms with Crippen LogP contribution < -0.4 is 5.32 Å². The maximum absolute atomic E-state index is 12.3. The standard InChI is InChI=1S/C13H11N3O3S2/c1-16-10(12(17)15-11-4-2-3-6-14-11)8-9-5-7-20-13(9)21(16,18)19/h2-8H,1H3,(H,14,15,17). The Morgan fingerprint density at radius 1 is 1.33 bits per heavy atom. The number of nitrogens with zero attached hydrogens (tertiary/aromatic N) is 2. The second kappa shape index (κ2) is 4.97. The fourth-order valence-corrected chi connectivity index (χ4v) is 4.60. The minimum absolute atomic E-state index is 0.0616. The van der Waals surface area contributed by atoms with Crippen molar-refractivity contribution in [3.8, 4) is 0 Å². The molecule has 1 amide bonds. The van der Waals surface area contributed by atoms with Crippen molar-refractivity contribution in [2.24, 2.45) is 0 Å². The first-order valence-electron chi connectivity index (χ1n) is 6.00. The van der Waals surface area contributed by atoms with Crippen LogP contribution in [0.4, 0.5) is 5.82 Å². The van der Waals surface area contributed by atoms with E-state index < -0.39 is 15.9 Å². The molecule has 0 bridgehead atoms. The molecule has 0 unspecified atom stereocenters. The Balaban J connectivity index is 1.98. The summed E-state index contributed by atoms with van der Waals surface area (Å²) < 4.78 is 25.9. The van der Waals surface area contributed by atoms with Crippen molar-refractivity contribution in [3.63, 3.8) is 0 Å². The van der Waals surface area contributed by atoms with Gasteiger partial charge in [-0.3, -0.25) is 9.10 Å². The molecule has 3 heterocycles. The summed E-state index contributed by atoms with van der Waals surface area (Å²) in [5.74, 6) is -0.151. The fourth-order valence-electron chi connectivity index (χ4n) is 1.94. The topological polar surface area (TPSA) is 79.4 Å². The second-order valence-electron chi connectivity index (χ2n) is 4.33. The minimum Gasteiger partial charge on any atom is -0.305 e. The third-order valence-electron chi connectivity index (χ3n) is 3.02. The van der Waals surface area contributed by atoms with E-state index in [-0.39, 0.29) is 9.91 Å². The van der Waals surface area contributed by atoms with Crippen LogP contribution in [-0.2, 0) is 14.8 Å². The first kappa shape index (κ1) is 13.8. The molecule has 3 rings (SSSR count). The van der Waals surface area contributed by atoms with Gasteiger partial charge < -0.3 is 5.32 Å². The van der Waals surface area contributed by atoms with Crippen LogP contribution in [0.5, 0.6) is 0 Å². The monoisotopic (exact) mass is 321 g/mol. The van der Waals surface area contributed by atoms with E-state index in [2.05, 4.69) is 10.3 Å². The summed E-state index contributed by atoms with van der Waals surface area (Å²) in [6.45, 7) is 0. The molecule has 0 spiro atoms. The molecule has 0 aliphatic carbocycles. The van der Waals surface area contributed by atoms with E-state index in [0.29, 0.717) is 11.4 Å². The molecule has 1 aliphatic heterocycles. The van der Waals surface area contributed by atoms with E-state index >= 15 is 0 Å². The molecular weight excluding hydrogens is 310 g/mol. The van der Waals surface area contributed by atoms with Crippen LogP contribution >= 0.6 is 11.3 Å². The lowest BCUT2D eigenvalue weighted by molar-refractivity contribution is -0.113. The van der Waals surface area contributed by atoms with Gasteiger partial charge >= 0.3 is 0 Å². The summed E-state index contributed by atoms with van der Waals surface area (Å²) in [7, 11) is -2.30. The molecule has 2 aromatic rings. The predicted molar refractivity (Wildman–Crippen MR) is 80.1 cm³/mol. The normalized spacial score (nSPS) is 16.0. The number of hydrogen-bond acceptors (Lipinski definition) is 5. The average molecular weight is 321 g/mol. The Kier molecular flexibility index (Phi) is 3.26. The van der Waals surface area contributed by atoms with Crippen LogP contribution in [0.15, 0.2) is 45.7 Å². The van der Waals surface area contributed by atoms with Crippen LogP contribution in [0.25, 0.3) is 6.08 Å². The largest absolute Gasteiger partial charge is 0.305 e. The highest BCUT2D eigenvalue weighted by atomic mass is 32.2. The van der Waals surface area contributed by atoms with E-state index in [1.165, 1.54) is 7.05 Å². The lowest BCUT2D eigenvalue weighted by Gasteiger charge is -2.24. The molecule has 6 nitrogen and oxygen atoms in total. The highest BCUT2D eigenvalue weighted by molar-refractivity contribution is 7.91. The third kappa shape index (κ3) is 2.32. The van der Waals surface area contributed by atoms with Gasteiger partial charge in [0.2, 0.25) is 0 Å². The number of rotatable bonds is 2. The van der Waals surface area contributed by atoms with E-state index in [1.807, 2.05) is 0 Å². The molecule has 21 heavy (non-hydrogen) atoms. The van der Waals surface area contributed by atoms with Crippen molar-refractivity contribution >= 4 is 39.2 Å². The number of sulfonamides is 1. The molecule has 0 atom stereocenters. The van der Waals surface area contributed by atoms with Gasteiger partial charge in [-0.05, 0) is 29.7 Å². The number of fused-ring (bicyclic) bond motifs is 1. The van der Waals surface area contributed by atoms with Crippen molar-refractivity contribution in [2.45, 2.75) is 4.21 Å². The van der Waals surface area contributed by atoms with Gasteiger partial charge in [-0.2, -0.15) is 0 Å². The van der Waals surface area contributed by atoms with E-state index in [9.17, 15) is 13.2 Å². The Labute approximate surface area is 125 Å². The van der Waals surface area contributed by atoms with Crippen LogP contribution in [-0.4, -0.2) is 30.7 Å². The molecule has 0 saturated carbocycles. The van der Waals surface area contributed by atoms with Gasteiger partial charge in [-0.15, -0.1) is 11.3 Å². The minimum atomic E-state index is -3.66. The predicted octanol–water partition coefficient (Wildman–Crippen LogP) is 1.76. The molecule has 0 fully saturated rings. The maximum atomic E-state index is 12.3. The van der Waals surface area contributed by atoms with Crippen molar-refractivity contribution in [1.29, 1.82) is 0 Å². The number of amides is 1. The van der Waals surface area contributed by atoms with E-state index in [0.717, 1.165) is 15.6 Å². The zero-order chi connectivity index (χ0) is 15.0. The van der Waals surface area contributed by atoms with Crippen LogP contribution in [0.2, 0.25) is 0 Å². The summed E-state index contributed by atoms with van der Waals surface area (Å²) in [5, 5.41) is 4.27. The first-order valence-corrected chi connectivity index (χ1v) is 8.32. The Bertz CT molecular complexity index is 825. The smallest absolute Gasteiger partial charge is 0.274 e. The Morgan fingerprint density at radius 3 is 2.86 bits per heavy atom. The molecule has 0 saturated heterocycles. The summed E-state index contributed by atoms with van der Waals surface area (Å²) in [4.78, 5) is 16.3. The number of carbonyl (C=O) groups is 1. The Hall–Kier alpha value is -2.19. The van der Waals surface area contributed by atoms with Gasteiger partial charge in [0.05, 0.1) is 0 Å². The summed E-state index contributed by atoms with van der Waals surface area (Å²) in [6, 6.07) is 6.77. The number of aromatic nitrogens is 1. The molecular formula is C13H11N3O3S2. The van der Waals surface area contributed by atoms with Crippen molar-refractivity contribution in [1.82, 2.24) is 9.29 Å². The van der Waals surface area contributed by atoms with Crippen molar-refractivity contribution in [3.05, 3.63) is 47.1 Å². The molecule has 2 aromatic heterocycles. The lowest BCUT2D eigenvalue weighted by atomic mass is 10.2. The number of thiophene rings is 1. The van der Waals surface area contributed by atoms with Gasteiger partial charge in [-0.25, -0.2) is 13.4 Å². The van der Waals surface area contributed by atoms with E-state index in [1.54, 1.807) is 41.9 Å². The number of nitrogens with one attached hydrogen (secondary N) is 1. The van der Waals surface area contributed by atoms with Gasteiger partial charge in [0.1, 0.15) is 15.7 Å². The molecule has 1 N–H and O–H groups in total. The second-order valence-corrected chi connectivity index (χ2v) is 7.42. The van der Waals surface area contributed by atoms with E-state index in [4.69, 9.17) is 0 Å². The highest BCUT2D eigenvalue weighted by Gasteiger charge is 2.34. The van der Waals surface area contributed by atoms with Crippen LogP contribution in [0, 0.1) is 0 Å². The summed E-state index contributed by atoms with van der Waals surface area (Å²) in [5.41, 5.74) is 0.593. The average Bonchev–Trinajstić information content (AvgIpc) is 2.93. The molecule has 0 aromatic carbocycles. The first-order chi connectivity index (χ1) is 10.00. The van der Waals surface area contributed by atoms with Crippen molar-refractivity contribution in [2.75, 3.05) is 12.4 Å². The number of hydrogen-bond donors (Lipinski definition) is 1. The quantitative estimate of drug-likeness (QED) is 0.914. The molecule has 0 radical (unpaired) electrons.